The number of allylic oxidation sites excluding steroid dienone is 1. The number of likely N-dealkylation sites (N-methyl/N-ethyl adjacent to an activating group) is 2. The van der Waals surface area contributed by atoms with Crippen LogP contribution in [-0.2, 0) is 4.79 Å². The van der Waals surface area contributed by atoms with E-state index >= 15 is 0 Å². The van der Waals surface area contributed by atoms with E-state index in [1.165, 1.54) is 4.90 Å². The van der Waals surface area contributed by atoms with E-state index in [0.717, 1.165) is 24.7 Å². The molecule has 21 heavy (non-hydrogen) atoms. The monoisotopic (exact) mass is 292 g/mol. The summed E-state index contributed by atoms with van der Waals surface area (Å²) in [6.07, 6.45) is 1.48. The number of carbonyl (C=O) groups excluding carboxylic acids is 2. The van der Waals surface area contributed by atoms with Gasteiger partial charge in [0.2, 0.25) is 5.96 Å². The zero-order valence-electron chi connectivity index (χ0n) is 12.7. The first-order chi connectivity index (χ1) is 9.90. The number of aliphatic imine (C=N–C) groups is 1. The summed E-state index contributed by atoms with van der Waals surface area (Å²) in [6, 6.07) is -0.866. The third kappa shape index (κ3) is 2.06. The Hall–Kier alpha value is -2.09. The van der Waals surface area contributed by atoms with Gasteiger partial charge >= 0.3 is 6.03 Å². The van der Waals surface area contributed by atoms with Crippen molar-refractivity contribution in [3.63, 3.8) is 0 Å². The molecule has 2 unspecified atom stereocenters. The molecule has 2 atom stereocenters. The number of urea groups is 1. The van der Waals surface area contributed by atoms with Crippen LogP contribution in [0.2, 0.25) is 0 Å². The van der Waals surface area contributed by atoms with E-state index in [4.69, 9.17) is 0 Å². The lowest BCUT2D eigenvalue weighted by molar-refractivity contribution is -0.126. The Balaban J connectivity index is 1.87. The van der Waals surface area contributed by atoms with E-state index in [-0.39, 0.29) is 5.91 Å². The van der Waals surface area contributed by atoms with Crippen molar-refractivity contribution < 1.29 is 9.59 Å². The van der Waals surface area contributed by atoms with Crippen LogP contribution in [0.3, 0.4) is 0 Å². The third-order valence-corrected chi connectivity index (χ3v) is 4.04. The number of hydrogen-bond acceptors (Lipinski definition) is 6. The Morgan fingerprint density at radius 3 is 2.76 bits per heavy atom. The highest BCUT2D eigenvalue weighted by atomic mass is 16.2. The maximum Gasteiger partial charge on any atom is 0.325 e. The number of carbonyl (C=O) groups is 2. The van der Waals surface area contributed by atoms with Crippen molar-refractivity contribution in [2.75, 3.05) is 34.2 Å². The van der Waals surface area contributed by atoms with Crippen molar-refractivity contribution in [2.24, 2.45) is 4.99 Å². The molecular formula is C13H20N6O2. The maximum atomic E-state index is 12.1. The van der Waals surface area contributed by atoms with Gasteiger partial charge in [-0.2, -0.15) is 0 Å². The zero-order valence-corrected chi connectivity index (χ0v) is 12.7. The summed E-state index contributed by atoms with van der Waals surface area (Å²) in [5, 5.41) is 2.37. The van der Waals surface area contributed by atoms with Gasteiger partial charge in [-0.05, 0) is 21.0 Å². The van der Waals surface area contributed by atoms with Crippen LogP contribution < -0.4 is 5.32 Å². The number of nitrogens with one attached hydrogen (secondary N) is 1. The standard InChI is InChI=1S/C13H20N6O2/c1-8-7-19-9-10(17(4)13(21)15-11(9)20)14-12(19)18(8)6-5-16(2)3/h7,9-10H,5-6H2,1-4H3,(H,15,20,21). The molecule has 0 saturated carbocycles. The highest BCUT2D eigenvalue weighted by molar-refractivity contribution is 6.04. The van der Waals surface area contributed by atoms with Crippen molar-refractivity contribution in [1.29, 1.82) is 0 Å². The molecule has 3 rings (SSSR count). The van der Waals surface area contributed by atoms with Gasteiger partial charge in [-0.3, -0.25) is 10.1 Å². The molecular weight excluding hydrogens is 272 g/mol. The maximum absolute atomic E-state index is 12.1. The molecule has 114 valence electrons. The van der Waals surface area contributed by atoms with E-state index in [0.29, 0.717) is 0 Å². The smallest absolute Gasteiger partial charge is 0.313 e. The number of nitrogens with zero attached hydrogens (tertiary/aromatic N) is 5. The first kappa shape index (κ1) is 13.9. The number of guanidine groups is 1. The summed E-state index contributed by atoms with van der Waals surface area (Å²) in [5.41, 5.74) is 1.06. The summed E-state index contributed by atoms with van der Waals surface area (Å²) in [5.74, 6) is 0.460. The SMILES string of the molecule is CC1=CN2C(=NC3C2C(=O)NC(=O)N3C)N1CCN(C)C. The molecule has 0 radical (unpaired) electrons. The predicted molar refractivity (Wildman–Crippen MR) is 77.2 cm³/mol. The summed E-state index contributed by atoms with van der Waals surface area (Å²) < 4.78 is 0. The van der Waals surface area contributed by atoms with Gasteiger partial charge in [0.1, 0.15) is 0 Å². The largest absolute Gasteiger partial charge is 0.325 e. The topological polar surface area (TPSA) is 71.5 Å². The lowest BCUT2D eigenvalue weighted by Crippen LogP contribution is -2.62. The van der Waals surface area contributed by atoms with Crippen molar-refractivity contribution in [3.05, 3.63) is 11.9 Å². The van der Waals surface area contributed by atoms with Crippen LogP contribution in [0.15, 0.2) is 16.9 Å². The van der Waals surface area contributed by atoms with Crippen molar-refractivity contribution in [3.8, 4) is 0 Å². The molecule has 3 aliphatic heterocycles. The Kier molecular flexibility index (Phi) is 3.12. The fourth-order valence-corrected chi connectivity index (χ4v) is 2.82. The molecule has 0 aliphatic carbocycles. The minimum atomic E-state index is -0.470. The molecule has 0 bridgehead atoms. The average molecular weight is 292 g/mol. The van der Waals surface area contributed by atoms with Crippen LogP contribution >= 0.6 is 0 Å². The van der Waals surface area contributed by atoms with E-state index in [1.807, 2.05) is 32.1 Å². The lowest BCUT2D eigenvalue weighted by atomic mass is 10.1. The minimum absolute atomic E-state index is 0.291. The number of rotatable bonds is 3. The molecule has 0 aromatic carbocycles. The zero-order chi connectivity index (χ0) is 15.3. The predicted octanol–water partition coefficient (Wildman–Crippen LogP) is -0.727. The second kappa shape index (κ2) is 4.73. The van der Waals surface area contributed by atoms with Gasteiger partial charge < -0.3 is 19.6 Å². The number of hydrogen-bond donors (Lipinski definition) is 1. The van der Waals surface area contributed by atoms with Crippen LogP contribution in [0.5, 0.6) is 0 Å². The number of fused-ring (bicyclic) bond motifs is 3. The van der Waals surface area contributed by atoms with Gasteiger partial charge in [-0.1, -0.05) is 0 Å². The quantitative estimate of drug-likeness (QED) is 0.743. The van der Waals surface area contributed by atoms with Gasteiger partial charge in [-0.25, -0.2) is 9.79 Å². The molecule has 0 aromatic rings. The fraction of sp³-hybridized carbons (Fsp3) is 0.615. The van der Waals surface area contributed by atoms with Gasteiger partial charge in [-0.15, -0.1) is 0 Å². The molecule has 1 saturated heterocycles. The first-order valence-electron chi connectivity index (χ1n) is 6.94. The Bertz CT molecular complexity index is 555. The van der Waals surface area contributed by atoms with Crippen molar-refractivity contribution in [1.82, 2.24) is 24.9 Å². The molecule has 3 aliphatic rings. The van der Waals surface area contributed by atoms with E-state index < -0.39 is 18.2 Å². The highest BCUT2D eigenvalue weighted by Crippen LogP contribution is 2.31. The summed E-state index contributed by atoms with van der Waals surface area (Å²) in [4.78, 5) is 36.0. The summed E-state index contributed by atoms with van der Waals surface area (Å²) in [6.45, 7) is 3.68. The summed E-state index contributed by atoms with van der Waals surface area (Å²) in [7, 11) is 5.69. The second-order valence-electron chi connectivity index (χ2n) is 5.83. The third-order valence-electron chi connectivity index (χ3n) is 4.04. The minimum Gasteiger partial charge on any atom is -0.313 e. The highest BCUT2D eigenvalue weighted by Gasteiger charge is 2.51. The normalized spacial score (nSPS) is 27.8. The first-order valence-corrected chi connectivity index (χ1v) is 6.94. The van der Waals surface area contributed by atoms with Crippen molar-refractivity contribution in [2.45, 2.75) is 19.1 Å². The fourth-order valence-electron chi connectivity index (χ4n) is 2.82. The van der Waals surface area contributed by atoms with Crippen molar-refractivity contribution >= 4 is 17.9 Å². The molecule has 0 spiro atoms. The van der Waals surface area contributed by atoms with Gasteiger partial charge in [0.05, 0.1) is 0 Å². The van der Waals surface area contributed by atoms with Crippen LogP contribution in [0.25, 0.3) is 0 Å². The molecule has 3 heterocycles. The molecule has 1 N–H and O–H groups in total. The lowest BCUT2D eigenvalue weighted by Gasteiger charge is -2.34. The Morgan fingerprint density at radius 2 is 2.10 bits per heavy atom. The Labute approximate surface area is 123 Å². The molecule has 8 heteroatoms. The molecule has 1 fully saturated rings. The van der Waals surface area contributed by atoms with Gasteiger partial charge in [0.25, 0.3) is 5.91 Å². The molecule has 0 aromatic heterocycles. The van der Waals surface area contributed by atoms with Crippen LogP contribution in [0.1, 0.15) is 6.92 Å². The van der Waals surface area contributed by atoms with Crippen LogP contribution in [0.4, 0.5) is 4.79 Å². The number of imide groups is 1. The van der Waals surface area contributed by atoms with E-state index in [1.54, 1.807) is 7.05 Å². The molecule has 3 amide bonds. The summed E-state index contributed by atoms with van der Waals surface area (Å²) >= 11 is 0. The van der Waals surface area contributed by atoms with Gasteiger partial charge in [0, 0.05) is 32.0 Å². The van der Waals surface area contributed by atoms with Gasteiger partial charge in [0.15, 0.2) is 12.2 Å². The van der Waals surface area contributed by atoms with Crippen LogP contribution in [0, 0.1) is 0 Å². The Morgan fingerprint density at radius 1 is 1.38 bits per heavy atom. The number of amides is 3. The van der Waals surface area contributed by atoms with E-state index in [2.05, 4.69) is 20.1 Å². The van der Waals surface area contributed by atoms with E-state index in [9.17, 15) is 9.59 Å². The van der Waals surface area contributed by atoms with Crippen LogP contribution in [-0.4, -0.2) is 83.9 Å². The average Bonchev–Trinajstić information content (AvgIpc) is 2.89. The second-order valence-corrected chi connectivity index (χ2v) is 5.83. The molecule has 8 nitrogen and oxygen atoms in total.